The summed E-state index contributed by atoms with van der Waals surface area (Å²) < 4.78 is 0. The van der Waals surface area contributed by atoms with Crippen LogP contribution in [0.1, 0.15) is 28.8 Å². The molecule has 0 saturated carbocycles. The highest BCUT2D eigenvalue weighted by Crippen LogP contribution is 2.24. The van der Waals surface area contributed by atoms with E-state index in [1.54, 1.807) is 11.8 Å². The largest absolute Gasteiger partial charge is 0.396 e. The van der Waals surface area contributed by atoms with Gasteiger partial charge in [0, 0.05) is 30.2 Å². The van der Waals surface area contributed by atoms with E-state index in [9.17, 15) is 4.79 Å². The van der Waals surface area contributed by atoms with Crippen LogP contribution in [-0.2, 0) is 0 Å². The Balaban J connectivity index is 2.12. The molecule has 1 aliphatic heterocycles. The van der Waals surface area contributed by atoms with Crippen molar-refractivity contribution in [1.82, 2.24) is 4.90 Å². The quantitative estimate of drug-likeness (QED) is 0.861. The summed E-state index contributed by atoms with van der Waals surface area (Å²) >= 11 is 1.66. The predicted octanol–water partition coefficient (Wildman–Crippen LogP) is 2.56. The molecule has 1 N–H and O–H groups in total. The van der Waals surface area contributed by atoms with Crippen molar-refractivity contribution in [3.05, 3.63) is 29.3 Å². The van der Waals surface area contributed by atoms with Crippen LogP contribution >= 0.6 is 11.8 Å². The predicted molar refractivity (Wildman–Crippen MR) is 78.7 cm³/mol. The normalized spacial score (nSPS) is 18.9. The van der Waals surface area contributed by atoms with Crippen LogP contribution in [0.5, 0.6) is 0 Å². The van der Waals surface area contributed by atoms with Crippen molar-refractivity contribution in [2.75, 3.05) is 26.0 Å². The van der Waals surface area contributed by atoms with Crippen molar-refractivity contribution in [3.63, 3.8) is 0 Å². The Morgan fingerprint density at radius 2 is 2.32 bits per heavy atom. The highest BCUT2D eigenvalue weighted by molar-refractivity contribution is 7.98. The number of likely N-dealkylation sites (tertiary alicyclic amines) is 1. The molecule has 1 amide bonds. The molecule has 1 saturated heterocycles. The van der Waals surface area contributed by atoms with Crippen LogP contribution in [0.4, 0.5) is 0 Å². The van der Waals surface area contributed by atoms with Crippen molar-refractivity contribution in [1.29, 1.82) is 0 Å². The number of benzene rings is 1. The Hall–Kier alpha value is -1.00. The number of carbonyl (C=O) groups excluding carboxylic acids is 1. The van der Waals surface area contributed by atoms with E-state index in [0.29, 0.717) is 5.92 Å². The van der Waals surface area contributed by atoms with Gasteiger partial charge in [-0.25, -0.2) is 0 Å². The van der Waals surface area contributed by atoms with Crippen molar-refractivity contribution in [2.24, 2.45) is 5.92 Å². The summed E-state index contributed by atoms with van der Waals surface area (Å²) in [6.45, 7) is 3.79. The molecule has 2 rings (SSSR count). The van der Waals surface area contributed by atoms with Crippen LogP contribution in [-0.4, -0.2) is 41.9 Å². The second-order valence-corrected chi connectivity index (χ2v) is 5.98. The van der Waals surface area contributed by atoms with Crippen LogP contribution in [0.2, 0.25) is 0 Å². The maximum Gasteiger partial charge on any atom is 0.254 e. The average Bonchev–Trinajstić information content (AvgIpc) is 2.88. The van der Waals surface area contributed by atoms with Crippen LogP contribution in [0.15, 0.2) is 23.1 Å². The number of thioether (sulfide) groups is 1. The van der Waals surface area contributed by atoms with Gasteiger partial charge in [-0.2, -0.15) is 0 Å². The molecule has 1 aliphatic rings. The summed E-state index contributed by atoms with van der Waals surface area (Å²) in [4.78, 5) is 15.6. The number of rotatable bonds is 4. The number of aliphatic hydroxyl groups is 1. The SMILES string of the molecule is CSc1ccc(C)c(C(=O)N2CCC(CCO)C2)c1. The van der Waals surface area contributed by atoms with E-state index >= 15 is 0 Å². The van der Waals surface area contributed by atoms with Gasteiger partial charge in [0.05, 0.1) is 0 Å². The summed E-state index contributed by atoms with van der Waals surface area (Å²) in [5, 5.41) is 8.97. The van der Waals surface area contributed by atoms with Gasteiger partial charge in [-0.1, -0.05) is 6.07 Å². The third kappa shape index (κ3) is 3.31. The molecule has 1 atom stereocenters. The van der Waals surface area contributed by atoms with Gasteiger partial charge < -0.3 is 10.0 Å². The zero-order valence-corrected chi connectivity index (χ0v) is 12.4. The number of aryl methyl sites for hydroxylation is 1. The minimum atomic E-state index is 0.133. The molecule has 0 aromatic heterocycles. The molecule has 0 bridgehead atoms. The minimum absolute atomic E-state index is 0.133. The maximum atomic E-state index is 12.5. The molecule has 1 unspecified atom stereocenters. The fraction of sp³-hybridized carbons (Fsp3) is 0.533. The van der Waals surface area contributed by atoms with Crippen LogP contribution in [0.3, 0.4) is 0 Å². The van der Waals surface area contributed by atoms with Crippen LogP contribution in [0.25, 0.3) is 0 Å². The van der Waals surface area contributed by atoms with Crippen molar-refractivity contribution in [2.45, 2.75) is 24.7 Å². The van der Waals surface area contributed by atoms with E-state index in [4.69, 9.17) is 5.11 Å². The van der Waals surface area contributed by atoms with E-state index in [-0.39, 0.29) is 12.5 Å². The van der Waals surface area contributed by atoms with Gasteiger partial charge in [0.2, 0.25) is 0 Å². The summed E-state index contributed by atoms with van der Waals surface area (Å²) in [5.41, 5.74) is 1.85. The van der Waals surface area contributed by atoms with Gasteiger partial charge in [-0.15, -0.1) is 11.8 Å². The second kappa shape index (κ2) is 6.44. The minimum Gasteiger partial charge on any atom is -0.396 e. The Labute approximate surface area is 119 Å². The molecule has 1 heterocycles. The molecule has 1 aromatic carbocycles. The van der Waals surface area contributed by atoms with Crippen LogP contribution < -0.4 is 0 Å². The Kier molecular flexibility index (Phi) is 4.88. The van der Waals surface area contributed by atoms with Crippen molar-refractivity contribution >= 4 is 17.7 Å². The standard InChI is InChI=1S/C15H21NO2S/c1-11-3-4-13(19-2)9-14(11)15(18)16-7-5-12(10-16)6-8-17/h3-4,9,12,17H,5-8,10H2,1-2H3. The number of aliphatic hydroxyl groups excluding tert-OH is 1. The molecule has 1 aromatic rings. The van der Waals surface area contributed by atoms with Gasteiger partial charge in [0.15, 0.2) is 0 Å². The fourth-order valence-electron chi connectivity index (χ4n) is 2.56. The van der Waals surface area contributed by atoms with E-state index in [2.05, 4.69) is 6.07 Å². The van der Waals surface area contributed by atoms with E-state index in [1.165, 1.54) is 0 Å². The third-order valence-electron chi connectivity index (χ3n) is 3.79. The third-order valence-corrected chi connectivity index (χ3v) is 4.51. The summed E-state index contributed by atoms with van der Waals surface area (Å²) in [5.74, 6) is 0.590. The molecule has 0 aliphatic carbocycles. The zero-order chi connectivity index (χ0) is 13.8. The Morgan fingerprint density at radius 3 is 3.00 bits per heavy atom. The molecule has 4 heteroatoms. The number of hydrogen-bond donors (Lipinski definition) is 1. The smallest absolute Gasteiger partial charge is 0.254 e. The summed E-state index contributed by atoms with van der Waals surface area (Å²) in [6, 6.07) is 6.05. The molecule has 1 fully saturated rings. The highest BCUT2D eigenvalue weighted by Gasteiger charge is 2.27. The molecular weight excluding hydrogens is 258 g/mol. The molecule has 104 valence electrons. The lowest BCUT2D eigenvalue weighted by molar-refractivity contribution is 0.0784. The summed E-state index contributed by atoms with van der Waals surface area (Å²) in [7, 11) is 0. The molecule has 0 spiro atoms. The molecule has 3 nitrogen and oxygen atoms in total. The fourth-order valence-corrected chi connectivity index (χ4v) is 3.00. The van der Waals surface area contributed by atoms with Gasteiger partial charge in [0.25, 0.3) is 5.91 Å². The number of carbonyl (C=O) groups is 1. The zero-order valence-electron chi connectivity index (χ0n) is 11.6. The lowest BCUT2D eigenvalue weighted by Gasteiger charge is -2.18. The highest BCUT2D eigenvalue weighted by atomic mass is 32.2. The molecule has 0 radical (unpaired) electrons. The van der Waals surface area contributed by atoms with E-state index in [1.807, 2.05) is 30.2 Å². The van der Waals surface area contributed by atoms with Gasteiger partial charge in [-0.05, 0) is 49.6 Å². The Morgan fingerprint density at radius 1 is 1.53 bits per heavy atom. The molecule has 19 heavy (non-hydrogen) atoms. The first-order valence-corrected chi connectivity index (χ1v) is 7.93. The van der Waals surface area contributed by atoms with Crippen molar-refractivity contribution in [3.8, 4) is 0 Å². The lowest BCUT2D eigenvalue weighted by atomic mass is 10.1. The van der Waals surface area contributed by atoms with Gasteiger partial charge in [-0.3, -0.25) is 4.79 Å². The van der Waals surface area contributed by atoms with E-state index < -0.39 is 0 Å². The second-order valence-electron chi connectivity index (χ2n) is 5.10. The first-order valence-electron chi connectivity index (χ1n) is 6.70. The van der Waals surface area contributed by atoms with Crippen LogP contribution in [0, 0.1) is 12.8 Å². The van der Waals surface area contributed by atoms with Crippen molar-refractivity contribution < 1.29 is 9.90 Å². The summed E-state index contributed by atoms with van der Waals surface area (Å²) in [6.07, 6.45) is 3.83. The maximum absolute atomic E-state index is 12.5. The van der Waals surface area contributed by atoms with Gasteiger partial charge >= 0.3 is 0 Å². The number of nitrogens with zero attached hydrogens (tertiary/aromatic N) is 1. The topological polar surface area (TPSA) is 40.5 Å². The Bertz CT molecular complexity index is 461. The van der Waals surface area contributed by atoms with Gasteiger partial charge in [0.1, 0.15) is 0 Å². The average molecular weight is 279 g/mol. The number of hydrogen-bond acceptors (Lipinski definition) is 3. The first-order chi connectivity index (χ1) is 9.15. The lowest BCUT2D eigenvalue weighted by Crippen LogP contribution is -2.29. The molecular formula is C15H21NO2S. The van der Waals surface area contributed by atoms with E-state index in [0.717, 1.165) is 42.0 Å². The number of amides is 1. The first kappa shape index (κ1) is 14.4. The monoisotopic (exact) mass is 279 g/mol.